The van der Waals surface area contributed by atoms with Crippen molar-refractivity contribution in [1.29, 1.82) is 0 Å². The van der Waals surface area contributed by atoms with Crippen molar-refractivity contribution in [3.63, 3.8) is 0 Å². The lowest BCUT2D eigenvalue weighted by Crippen LogP contribution is -2.15. The average Bonchev–Trinajstić information content (AvgIpc) is 1.95. The number of aliphatic hydroxyl groups is 1. The van der Waals surface area contributed by atoms with Crippen molar-refractivity contribution in [3.8, 4) is 0 Å². The van der Waals surface area contributed by atoms with Crippen LogP contribution >= 0.6 is 0 Å². The molecule has 0 saturated heterocycles. The summed E-state index contributed by atoms with van der Waals surface area (Å²) in [6.45, 7) is 7.56. The van der Waals surface area contributed by atoms with Crippen molar-refractivity contribution in [2.24, 2.45) is 5.73 Å². The van der Waals surface area contributed by atoms with E-state index >= 15 is 0 Å². The Morgan fingerprint density at radius 1 is 1.40 bits per heavy atom. The first-order valence-electron chi connectivity index (χ1n) is 3.15. The first-order chi connectivity index (χ1) is 4.56. The molecule has 0 aliphatic carbocycles. The Hall–Kier alpha value is -0.410. The van der Waals surface area contributed by atoms with E-state index in [-0.39, 0.29) is 0 Å². The zero-order valence-corrected chi connectivity index (χ0v) is 7.35. The minimum Gasteiger partial charge on any atom is -0.390 e. The first kappa shape index (κ1) is 16.3. The van der Waals surface area contributed by atoms with Gasteiger partial charge in [0.2, 0.25) is 0 Å². The molecule has 3 heteroatoms. The predicted molar refractivity (Wildman–Crippen MR) is 43.8 cm³/mol. The molecule has 0 aromatic rings. The average molecular weight is 149 g/mol. The van der Waals surface area contributed by atoms with Crippen LogP contribution in [0.25, 0.3) is 0 Å². The second-order valence-electron chi connectivity index (χ2n) is 2.17. The monoisotopic (exact) mass is 149 g/mol. The van der Waals surface area contributed by atoms with Gasteiger partial charge in [-0.2, -0.15) is 0 Å². The largest absolute Gasteiger partial charge is 0.390 e. The van der Waals surface area contributed by atoms with Gasteiger partial charge in [-0.3, -0.25) is 0 Å². The molecular formula is C7H19NO2. The third-order valence-corrected chi connectivity index (χ3v) is 0.865. The predicted octanol–water partition coefficient (Wildman–Crippen LogP) is 0.557. The molecule has 0 unspecified atom stereocenters. The van der Waals surface area contributed by atoms with E-state index in [4.69, 9.17) is 9.90 Å². The van der Waals surface area contributed by atoms with E-state index in [9.17, 15) is 0 Å². The molecule has 0 fully saturated rings. The molecule has 0 aliphatic heterocycles. The molecule has 10 heavy (non-hydrogen) atoms. The lowest BCUT2D eigenvalue weighted by Gasteiger charge is -2.11. The number of rotatable bonds is 1. The van der Waals surface area contributed by atoms with Crippen LogP contribution in [0.3, 0.4) is 0 Å². The first-order valence-corrected chi connectivity index (χ1v) is 3.15. The molecule has 0 heterocycles. The Labute approximate surface area is 63.2 Å². The summed E-state index contributed by atoms with van der Waals surface area (Å²) >= 11 is 0. The maximum atomic E-state index is 8.83. The number of hydrogen-bond donors (Lipinski definition) is 2. The second-order valence-corrected chi connectivity index (χ2v) is 2.17. The molecule has 3 N–H and O–H groups in total. The summed E-state index contributed by atoms with van der Waals surface area (Å²) in [6.07, 6.45) is 0.826. The molecule has 0 bridgehead atoms. The standard InChI is InChI=1S/C5H12O.CH5N.CH2O/c1-4-5(2,3)6;2*1-2/h6H,4H2,1-3H3;2H2,1H3;1H2. The van der Waals surface area contributed by atoms with Crippen molar-refractivity contribution in [3.05, 3.63) is 0 Å². The second kappa shape index (κ2) is 11.4. The summed E-state index contributed by atoms with van der Waals surface area (Å²) in [5.41, 5.74) is 4.04. The normalized spacial score (nSPS) is 8.20. The summed E-state index contributed by atoms with van der Waals surface area (Å²) in [6, 6.07) is 0. The number of carbonyl (C=O) groups is 1. The molecule has 0 atom stereocenters. The van der Waals surface area contributed by atoms with E-state index < -0.39 is 5.60 Å². The SMILES string of the molecule is C=O.CCC(C)(C)O.CN. The highest BCUT2D eigenvalue weighted by Gasteiger charge is 2.05. The third-order valence-electron chi connectivity index (χ3n) is 0.865. The topological polar surface area (TPSA) is 63.3 Å². The number of carbonyl (C=O) groups excluding carboxylic acids is 1. The van der Waals surface area contributed by atoms with Gasteiger partial charge in [0.25, 0.3) is 0 Å². The lowest BCUT2D eigenvalue weighted by molar-refractivity contribution is -0.0979. The van der Waals surface area contributed by atoms with Crippen molar-refractivity contribution in [2.45, 2.75) is 32.8 Å². The fourth-order valence-corrected chi connectivity index (χ4v) is 0. The van der Waals surface area contributed by atoms with E-state index in [2.05, 4.69) is 5.73 Å². The van der Waals surface area contributed by atoms with Crippen LogP contribution in [0.4, 0.5) is 0 Å². The zero-order valence-electron chi connectivity index (χ0n) is 7.35. The Morgan fingerprint density at radius 3 is 1.50 bits per heavy atom. The van der Waals surface area contributed by atoms with Crippen molar-refractivity contribution in [2.75, 3.05) is 7.05 Å². The molecule has 3 nitrogen and oxygen atoms in total. The zero-order chi connectivity index (χ0) is 9.21. The Balaban J connectivity index is -0.000000105. The molecule has 0 rings (SSSR count). The molecule has 64 valence electrons. The van der Waals surface area contributed by atoms with E-state index in [1.165, 1.54) is 7.05 Å². The molecule has 0 saturated carbocycles. The van der Waals surface area contributed by atoms with E-state index in [1.54, 1.807) is 13.8 Å². The summed E-state index contributed by atoms with van der Waals surface area (Å²) in [5.74, 6) is 0. The van der Waals surface area contributed by atoms with Crippen molar-refractivity contribution >= 4 is 6.79 Å². The van der Waals surface area contributed by atoms with Gasteiger partial charge in [-0.15, -0.1) is 0 Å². The van der Waals surface area contributed by atoms with Gasteiger partial charge in [0, 0.05) is 0 Å². The van der Waals surface area contributed by atoms with Gasteiger partial charge in [0.15, 0.2) is 0 Å². The van der Waals surface area contributed by atoms with Gasteiger partial charge in [-0.25, -0.2) is 0 Å². The van der Waals surface area contributed by atoms with Crippen LogP contribution in [0.1, 0.15) is 27.2 Å². The summed E-state index contributed by atoms with van der Waals surface area (Å²) in [7, 11) is 1.50. The van der Waals surface area contributed by atoms with Crippen LogP contribution in [-0.4, -0.2) is 24.5 Å². The third kappa shape index (κ3) is 49.1. The highest BCUT2D eigenvalue weighted by atomic mass is 16.3. The van der Waals surface area contributed by atoms with Crippen LogP contribution < -0.4 is 5.73 Å². The molecule has 0 aromatic carbocycles. The highest BCUT2D eigenvalue weighted by molar-refractivity contribution is 5.10. The minimum atomic E-state index is -0.458. The van der Waals surface area contributed by atoms with Crippen LogP contribution in [0, 0.1) is 0 Å². The quantitative estimate of drug-likeness (QED) is 0.572. The lowest BCUT2D eigenvalue weighted by atomic mass is 10.1. The number of nitrogens with two attached hydrogens (primary N) is 1. The molecule has 0 aromatic heterocycles. The maximum Gasteiger partial charge on any atom is 0.106 e. The van der Waals surface area contributed by atoms with Crippen LogP contribution in [0.2, 0.25) is 0 Å². The Bertz CT molecular complexity index is 50.1. The van der Waals surface area contributed by atoms with E-state index in [0.717, 1.165) is 6.42 Å². The van der Waals surface area contributed by atoms with Gasteiger partial charge >= 0.3 is 0 Å². The Morgan fingerprint density at radius 2 is 1.50 bits per heavy atom. The fraction of sp³-hybridized carbons (Fsp3) is 0.857. The number of hydrogen-bond acceptors (Lipinski definition) is 3. The maximum absolute atomic E-state index is 8.83. The molecule has 0 spiro atoms. The molecule has 0 amide bonds. The van der Waals surface area contributed by atoms with Gasteiger partial charge in [-0.1, -0.05) is 6.92 Å². The fourth-order valence-electron chi connectivity index (χ4n) is 0. The molecule has 0 radical (unpaired) electrons. The van der Waals surface area contributed by atoms with Crippen LogP contribution in [0.15, 0.2) is 0 Å². The van der Waals surface area contributed by atoms with Crippen LogP contribution in [0.5, 0.6) is 0 Å². The van der Waals surface area contributed by atoms with Crippen molar-refractivity contribution < 1.29 is 9.90 Å². The smallest absolute Gasteiger partial charge is 0.106 e. The Kier molecular flexibility index (Phi) is 18.6. The summed E-state index contributed by atoms with van der Waals surface area (Å²) in [5, 5.41) is 8.83. The van der Waals surface area contributed by atoms with E-state index in [1.807, 2.05) is 13.7 Å². The van der Waals surface area contributed by atoms with Gasteiger partial charge < -0.3 is 15.6 Å². The van der Waals surface area contributed by atoms with Crippen LogP contribution in [-0.2, 0) is 4.79 Å². The van der Waals surface area contributed by atoms with Gasteiger partial charge in [-0.05, 0) is 27.3 Å². The highest BCUT2D eigenvalue weighted by Crippen LogP contribution is 2.03. The van der Waals surface area contributed by atoms with Gasteiger partial charge in [0.05, 0.1) is 5.60 Å². The molecule has 0 aliphatic rings. The van der Waals surface area contributed by atoms with E-state index in [0.29, 0.717) is 0 Å². The minimum absolute atomic E-state index is 0.458. The molecular weight excluding hydrogens is 130 g/mol. The van der Waals surface area contributed by atoms with Crippen molar-refractivity contribution in [1.82, 2.24) is 0 Å². The summed E-state index contributed by atoms with van der Waals surface area (Å²) < 4.78 is 0. The van der Waals surface area contributed by atoms with Gasteiger partial charge in [0.1, 0.15) is 6.79 Å². The summed E-state index contributed by atoms with van der Waals surface area (Å²) in [4.78, 5) is 8.00.